The van der Waals surface area contributed by atoms with Crippen molar-refractivity contribution in [1.29, 1.82) is 0 Å². The zero-order valence-corrected chi connectivity index (χ0v) is 8.30. The number of allylic oxidation sites excluding steroid dienone is 3. The molecule has 0 bridgehead atoms. The van der Waals surface area contributed by atoms with Crippen LogP contribution in [-0.4, -0.2) is 0 Å². The molecule has 1 aromatic rings. The van der Waals surface area contributed by atoms with Gasteiger partial charge in [-0.3, -0.25) is 0 Å². The lowest BCUT2D eigenvalue weighted by Crippen LogP contribution is -1.80. The largest absolute Gasteiger partial charge is 0.0850 e. The Bertz CT molecular complexity index is 285. The quantitative estimate of drug-likeness (QED) is 0.635. The maximum Gasteiger partial charge on any atom is 0.0331 e. The Hall–Kier alpha value is -1.01. The third kappa shape index (κ3) is 4.54. The first kappa shape index (κ1) is 10.1. The van der Waals surface area contributed by atoms with E-state index in [1.807, 2.05) is 18.2 Å². The van der Waals surface area contributed by atoms with E-state index in [1.165, 1.54) is 5.56 Å². The second-order valence-corrected chi connectivity index (χ2v) is 3.36. The molecule has 68 valence electrons. The third-order valence-electron chi connectivity index (χ3n) is 1.74. The van der Waals surface area contributed by atoms with Crippen LogP contribution in [0, 0.1) is 0 Å². The molecule has 1 rings (SSSR count). The Kier molecular flexibility index (Phi) is 4.34. The standard InChI is InChI=1S/C12H13Cl/c1-11(13)7-5-6-10-12-8-3-2-4-9-12/h2-5,7-9H,1,6,10H2/b7-5+. The van der Waals surface area contributed by atoms with Crippen LogP contribution in [0.15, 0.2) is 54.1 Å². The summed E-state index contributed by atoms with van der Waals surface area (Å²) < 4.78 is 0. The summed E-state index contributed by atoms with van der Waals surface area (Å²) in [7, 11) is 0. The molecule has 0 unspecified atom stereocenters. The first-order valence-corrected chi connectivity index (χ1v) is 4.71. The molecule has 0 radical (unpaired) electrons. The molecule has 13 heavy (non-hydrogen) atoms. The maximum atomic E-state index is 5.58. The van der Waals surface area contributed by atoms with Crippen LogP contribution in [0.25, 0.3) is 0 Å². The van der Waals surface area contributed by atoms with Crippen LogP contribution >= 0.6 is 11.6 Å². The summed E-state index contributed by atoms with van der Waals surface area (Å²) in [4.78, 5) is 0. The van der Waals surface area contributed by atoms with Crippen molar-refractivity contribution in [3.63, 3.8) is 0 Å². The molecule has 0 atom stereocenters. The summed E-state index contributed by atoms with van der Waals surface area (Å²) >= 11 is 5.58. The Balaban J connectivity index is 2.32. The Morgan fingerprint density at radius 1 is 1.31 bits per heavy atom. The van der Waals surface area contributed by atoms with E-state index in [4.69, 9.17) is 11.6 Å². The van der Waals surface area contributed by atoms with Gasteiger partial charge in [0.05, 0.1) is 0 Å². The van der Waals surface area contributed by atoms with E-state index in [2.05, 4.69) is 30.8 Å². The minimum absolute atomic E-state index is 0.591. The highest BCUT2D eigenvalue weighted by Crippen LogP contribution is 2.04. The summed E-state index contributed by atoms with van der Waals surface area (Å²) in [6.45, 7) is 3.58. The van der Waals surface area contributed by atoms with Crippen LogP contribution in [-0.2, 0) is 6.42 Å². The molecular formula is C12H13Cl. The minimum Gasteiger partial charge on any atom is -0.0850 e. The highest BCUT2D eigenvalue weighted by Gasteiger charge is 1.87. The molecule has 0 aliphatic carbocycles. The van der Waals surface area contributed by atoms with Gasteiger partial charge >= 0.3 is 0 Å². The fourth-order valence-electron chi connectivity index (χ4n) is 1.11. The third-order valence-corrected chi connectivity index (χ3v) is 1.87. The highest BCUT2D eigenvalue weighted by molar-refractivity contribution is 6.30. The van der Waals surface area contributed by atoms with E-state index in [-0.39, 0.29) is 0 Å². The molecule has 0 nitrogen and oxygen atoms in total. The highest BCUT2D eigenvalue weighted by atomic mass is 35.5. The average Bonchev–Trinajstić information content (AvgIpc) is 2.14. The summed E-state index contributed by atoms with van der Waals surface area (Å²) in [5.74, 6) is 0. The molecule has 0 amide bonds. The average molecular weight is 193 g/mol. The van der Waals surface area contributed by atoms with E-state index in [9.17, 15) is 0 Å². The SMILES string of the molecule is C=C(Cl)/C=C/CCc1ccccc1. The molecule has 0 aliphatic heterocycles. The number of hydrogen-bond acceptors (Lipinski definition) is 0. The topological polar surface area (TPSA) is 0 Å². The van der Waals surface area contributed by atoms with Crippen molar-refractivity contribution < 1.29 is 0 Å². The number of hydrogen-bond donors (Lipinski definition) is 0. The van der Waals surface area contributed by atoms with Gasteiger partial charge in [-0.2, -0.15) is 0 Å². The zero-order chi connectivity index (χ0) is 9.52. The fraction of sp³-hybridized carbons (Fsp3) is 0.167. The molecule has 0 spiro atoms. The van der Waals surface area contributed by atoms with Crippen molar-refractivity contribution in [3.8, 4) is 0 Å². The monoisotopic (exact) mass is 192 g/mol. The van der Waals surface area contributed by atoms with Gasteiger partial charge in [0.1, 0.15) is 0 Å². The van der Waals surface area contributed by atoms with E-state index in [0.717, 1.165) is 12.8 Å². The molecule has 0 heterocycles. The summed E-state index contributed by atoms with van der Waals surface area (Å²) in [6, 6.07) is 10.4. The predicted octanol–water partition coefficient (Wildman–Crippen LogP) is 3.93. The van der Waals surface area contributed by atoms with Gasteiger partial charge in [-0.1, -0.05) is 54.6 Å². The Morgan fingerprint density at radius 2 is 2.00 bits per heavy atom. The molecule has 0 saturated heterocycles. The van der Waals surface area contributed by atoms with E-state index < -0.39 is 0 Å². The van der Waals surface area contributed by atoms with Crippen LogP contribution in [0.2, 0.25) is 0 Å². The van der Waals surface area contributed by atoms with Crippen molar-refractivity contribution in [2.45, 2.75) is 12.8 Å². The van der Waals surface area contributed by atoms with Crippen molar-refractivity contribution in [1.82, 2.24) is 0 Å². The van der Waals surface area contributed by atoms with Gasteiger partial charge in [-0.15, -0.1) is 0 Å². The minimum atomic E-state index is 0.591. The summed E-state index contributed by atoms with van der Waals surface area (Å²) in [5.41, 5.74) is 1.35. The van der Waals surface area contributed by atoms with Crippen LogP contribution in [0.4, 0.5) is 0 Å². The molecule has 0 saturated carbocycles. The summed E-state index contributed by atoms with van der Waals surface area (Å²) in [6.07, 6.45) is 5.95. The molecule has 0 N–H and O–H groups in total. The van der Waals surface area contributed by atoms with Gasteiger partial charge in [0, 0.05) is 5.03 Å². The second kappa shape index (κ2) is 5.60. The molecular weight excluding hydrogens is 180 g/mol. The van der Waals surface area contributed by atoms with Crippen molar-refractivity contribution in [3.05, 3.63) is 59.7 Å². The number of benzene rings is 1. The van der Waals surface area contributed by atoms with Gasteiger partial charge in [0.25, 0.3) is 0 Å². The van der Waals surface area contributed by atoms with Gasteiger partial charge in [0.2, 0.25) is 0 Å². The van der Waals surface area contributed by atoms with Crippen LogP contribution in [0.5, 0.6) is 0 Å². The Labute approximate surface area is 84.5 Å². The van der Waals surface area contributed by atoms with Crippen LogP contribution in [0.1, 0.15) is 12.0 Å². The zero-order valence-electron chi connectivity index (χ0n) is 7.54. The van der Waals surface area contributed by atoms with Crippen LogP contribution < -0.4 is 0 Å². The first-order chi connectivity index (χ1) is 6.29. The number of rotatable bonds is 4. The normalized spacial score (nSPS) is 10.5. The predicted molar refractivity (Wildman–Crippen MR) is 58.9 cm³/mol. The van der Waals surface area contributed by atoms with Gasteiger partial charge < -0.3 is 0 Å². The molecule has 1 aromatic carbocycles. The lowest BCUT2D eigenvalue weighted by molar-refractivity contribution is 1.00. The van der Waals surface area contributed by atoms with Gasteiger partial charge in [-0.05, 0) is 24.5 Å². The van der Waals surface area contributed by atoms with Crippen molar-refractivity contribution >= 4 is 11.6 Å². The fourth-order valence-corrected chi connectivity index (χ4v) is 1.19. The summed E-state index contributed by atoms with van der Waals surface area (Å²) in [5, 5.41) is 0.591. The van der Waals surface area contributed by atoms with Gasteiger partial charge in [0.15, 0.2) is 0 Å². The van der Waals surface area contributed by atoms with E-state index >= 15 is 0 Å². The maximum absolute atomic E-state index is 5.58. The van der Waals surface area contributed by atoms with E-state index in [0.29, 0.717) is 5.03 Å². The van der Waals surface area contributed by atoms with Crippen molar-refractivity contribution in [2.75, 3.05) is 0 Å². The second-order valence-electron chi connectivity index (χ2n) is 2.87. The lowest BCUT2D eigenvalue weighted by Gasteiger charge is -1.95. The van der Waals surface area contributed by atoms with Crippen LogP contribution in [0.3, 0.4) is 0 Å². The van der Waals surface area contributed by atoms with Crippen molar-refractivity contribution in [2.24, 2.45) is 0 Å². The number of aryl methyl sites for hydroxylation is 1. The smallest absolute Gasteiger partial charge is 0.0331 e. The number of halogens is 1. The first-order valence-electron chi connectivity index (χ1n) is 4.34. The molecule has 0 fully saturated rings. The van der Waals surface area contributed by atoms with Gasteiger partial charge in [-0.25, -0.2) is 0 Å². The molecule has 1 heteroatoms. The Morgan fingerprint density at radius 3 is 2.62 bits per heavy atom. The van der Waals surface area contributed by atoms with E-state index in [1.54, 1.807) is 0 Å². The molecule has 0 aliphatic rings. The lowest BCUT2D eigenvalue weighted by atomic mass is 10.1. The molecule has 0 aromatic heterocycles.